The van der Waals surface area contributed by atoms with E-state index in [1.807, 2.05) is 6.92 Å². The highest BCUT2D eigenvalue weighted by Gasteiger charge is 2.16. The minimum atomic E-state index is -0.261. The molecular weight excluding hydrogens is 472 g/mol. The number of nitrogens with one attached hydrogen (secondary N) is 2. The van der Waals surface area contributed by atoms with Crippen molar-refractivity contribution in [3.05, 3.63) is 30.1 Å². The molecule has 1 saturated heterocycles. The van der Waals surface area contributed by atoms with Crippen LogP contribution in [0, 0.1) is 11.7 Å². The highest BCUT2D eigenvalue weighted by Crippen LogP contribution is 2.12. The Labute approximate surface area is 185 Å². The molecule has 0 radical (unpaired) electrons. The average molecular weight is 507 g/mol. The van der Waals surface area contributed by atoms with Crippen LogP contribution < -0.4 is 15.4 Å². The number of hydrogen-bond acceptors (Lipinski definition) is 4. The minimum absolute atomic E-state index is 0. The fraction of sp³-hybridized carbons (Fsp3) is 0.650. The molecule has 1 heterocycles. The first kappa shape index (κ1) is 24.9. The summed E-state index contributed by atoms with van der Waals surface area (Å²) in [5, 5.41) is 6.68. The lowest BCUT2D eigenvalue weighted by Crippen LogP contribution is -2.48. The monoisotopic (exact) mass is 507 g/mol. The van der Waals surface area contributed by atoms with Crippen LogP contribution in [0.5, 0.6) is 5.75 Å². The van der Waals surface area contributed by atoms with Gasteiger partial charge < -0.3 is 25.2 Å². The first-order valence-corrected chi connectivity index (χ1v) is 9.74. The largest absolute Gasteiger partial charge is 0.489 e. The van der Waals surface area contributed by atoms with Gasteiger partial charge in [-0.05, 0) is 44.2 Å². The number of rotatable bonds is 8. The van der Waals surface area contributed by atoms with E-state index in [4.69, 9.17) is 4.74 Å². The van der Waals surface area contributed by atoms with Crippen molar-refractivity contribution < 1.29 is 9.13 Å². The average Bonchev–Trinajstić information content (AvgIpc) is 2.65. The highest BCUT2D eigenvalue weighted by atomic mass is 127. The quantitative estimate of drug-likeness (QED) is 0.321. The van der Waals surface area contributed by atoms with Gasteiger partial charge in [0.2, 0.25) is 0 Å². The molecule has 2 rings (SSSR count). The number of piperazine rings is 1. The number of ether oxygens (including phenoxy) is 1. The van der Waals surface area contributed by atoms with Gasteiger partial charge in [0.1, 0.15) is 17.7 Å². The van der Waals surface area contributed by atoms with Gasteiger partial charge in [0.15, 0.2) is 5.96 Å². The maximum Gasteiger partial charge on any atom is 0.191 e. The molecule has 2 unspecified atom stereocenters. The number of halogens is 2. The molecular formula is C20H35FIN5O. The molecule has 28 heavy (non-hydrogen) atoms. The molecule has 2 N–H and O–H groups in total. The minimum Gasteiger partial charge on any atom is -0.489 e. The first-order valence-electron chi connectivity index (χ1n) is 9.74. The summed E-state index contributed by atoms with van der Waals surface area (Å²) in [7, 11) is 3.95. The summed E-state index contributed by atoms with van der Waals surface area (Å²) in [6.07, 6.45) is -0.0585. The lowest BCUT2D eigenvalue weighted by atomic mass is 10.1. The van der Waals surface area contributed by atoms with Gasteiger partial charge in [0.05, 0.1) is 6.54 Å². The zero-order chi connectivity index (χ0) is 19.6. The van der Waals surface area contributed by atoms with E-state index in [0.717, 1.165) is 45.2 Å². The second kappa shape index (κ2) is 13.2. The number of likely N-dealkylation sites (N-methyl/N-ethyl adjacent to an activating group) is 1. The van der Waals surface area contributed by atoms with Crippen molar-refractivity contribution in [1.29, 1.82) is 0 Å². The molecule has 0 bridgehead atoms. The standard InChI is InChI=1S/C20H34FN5O.HI/c1-16(15-26-11-9-25(4)10-12-26)13-23-20(22-3)24-14-17(2)27-19-7-5-18(21)6-8-19;/h5-8,16-17H,9-15H2,1-4H3,(H2,22,23,24);1H. The molecule has 1 aliphatic rings. The van der Waals surface area contributed by atoms with Crippen LogP contribution in [0.3, 0.4) is 0 Å². The predicted octanol–water partition coefficient (Wildman–Crippen LogP) is 2.26. The Morgan fingerprint density at radius 1 is 1.11 bits per heavy atom. The lowest BCUT2D eigenvalue weighted by molar-refractivity contribution is 0.139. The van der Waals surface area contributed by atoms with E-state index in [2.05, 4.69) is 39.4 Å². The lowest BCUT2D eigenvalue weighted by Gasteiger charge is -2.34. The van der Waals surface area contributed by atoms with Crippen LogP contribution >= 0.6 is 24.0 Å². The van der Waals surface area contributed by atoms with Crippen molar-refractivity contribution in [1.82, 2.24) is 20.4 Å². The highest BCUT2D eigenvalue weighted by molar-refractivity contribution is 14.0. The third kappa shape index (κ3) is 9.38. The molecule has 0 spiro atoms. The molecule has 2 atom stereocenters. The van der Waals surface area contributed by atoms with Crippen molar-refractivity contribution in [2.75, 3.05) is 59.9 Å². The van der Waals surface area contributed by atoms with Gasteiger partial charge in [-0.2, -0.15) is 0 Å². The topological polar surface area (TPSA) is 52.1 Å². The second-order valence-electron chi connectivity index (χ2n) is 7.43. The summed E-state index contributed by atoms with van der Waals surface area (Å²) in [5.41, 5.74) is 0. The van der Waals surface area contributed by atoms with Crippen LogP contribution in [-0.4, -0.2) is 81.8 Å². The Morgan fingerprint density at radius 2 is 1.71 bits per heavy atom. The molecule has 0 saturated carbocycles. The van der Waals surface area contributed by atoms with Crippen LogP contribution in [-0.2, 0) is 0 Å². The normalized spacial score (nSPS) is 18.1. The summed E-state index contributed by atoms with van der Waals surface area (Å²) < 4.78 is 18.7. The van der Waals surface area contributed by atoms with E-state index >= 15 is 0 Å². The van der Waals surface area contributed by atoms with Gasteiger partial charge >= 0.3 is 0 Å². The summed E-state index contributed by atoms with van der Waals surface area (Å²) in [6.45, 7) is 11.4. The maximum atomic E-state index is 12.9. The molecule has 6 nitrogen and oxygen atoms in total. The van der Waals surface area contributed by atoms with Gasteiger partial charge in [-0.3, -0.25) is 4.99 Å². The van der Waals surface area contributed by atoms with Crippen molar-refractivity contribution in [2.45, 2.75) is 20.0 Å². The molecule has 160 valence electrons. The molecule has 1 aromatic rings. The molecule has 0 aliphatic carbocycles. The Balaban J connectivity index is 0.00000392. The van der Waals surface area contributed by atoms with Gasteiger partial charge in [-0.1, -0.05) is 6.92 Å². The van der Waals surface area contributed by atoms with E-state index in [0.29, 0.717) is 18.2 Å². The number of guanidine groups is 1. The molecule has 8 heteroatoms. The Hall–Kier alpha value is -1.13. The number of nitrogens with zero attached hydrogens (tertiary/aromatic N) is 3. The van der Waals surface area contributed by atoms with Gasteiger partial charge in [-0.25, -0.2) is 4.39 Å². The summed E-state index contributed by atoms with van der Waals surface area (Å²) >= 11 is 0. The Morgan fingerprint density at radius 3 is 2.32 bits per heavy atom. The van der Waals surface area contributed by atoms with E-state index < -0.39 is 0 Å². The second-order valence-corrected chi connectivity index (χ2v) is 7.43. The van der Waals surface area contributed by atoms with Gasteiger partial charge in [0.25, 0.3) is 0 Å². The Bertz CT molecular complexity index is 578. The summed E-state index contributed by atoms with van der Waals surface area (Å²) in [5.74, 6) is 1.72. The predicted molar refractivity (Wildman–Crippen MR) is 124 cm³/mol. The fourth-order valence-electron chi connectivity index (χ4n) is 3.05. The molecule has 1 aromatic carbocycles. The van der Waals surface area contributed by atoms with Crippen LogP contribution in [0.15, 0.2) is 29.3 Å². The van der Waals surface area contributed by atoms with Gasteiger partial charge in [0, 0.05) is 46.3 Å². The zero-order valence-corrected chi connectivity index (χ0v) is 19.8. The molecule has 1 fully saturated rings. The van der Waals surface area contributed by atoms with Crippen LogP contribution in [0.2, 0.25) is 0 Å². The third-order valence-electron chi connectivity index (χ3n) is 4.72. The smallest absolute Gasteiger partial charge is 0.191 e. The Kier molecular flexibility index (Phi) is 11.7. The van der Waals surface area contributed by atoms with Crippen LogP contribution in [0.25, 0.3) is 0 Å². The SMILES string of the molecule is CN=C(NCC(C)CN1CCN(C)CC1)NCC(C)Oc1ccc(F)cc1.I. The number of benzene rings is 1. The van der Waals surface area contributed by atoms with E-state index in [1.165, 1.54) is 12.1 Å². The number of hydrogen-bond donors (Lipinski definition) is 2. The van der Waals surface area contributed by atoms with Crippen molar-refractivity contribution in [2.24, 2.45) is 10.9 Å². The van der Waals surface area contributed by atoms with E-state index in [-0.39, 0.29) is 35.9 Å². The molecule has 0 aromatic heterocycles. The first-order chi connectivity index (χ1) is 13.0. The van der Waals surface area contributed by atoms with E-state index in [9.17, 15) is 4.39 Å². The molecule has 1 aliphatic heterocycles. The third-order valence-corrected chi connectivity index (χ3v) is 4.72. The zero-order valence-electron chi connectivity index (χ0n) is 17.4. The summed E-state index contributed by atoms with van der Waals surface area (Å²) in [4.78, 5) is 9.18. The molecule has 0 amide bonds. The summed E-state index contributed by atoms with van der Waals surface area (Å²) in [6, 6.07) is 6.08. The van der Waals surface area contributed by atoms with E-state index in [1.54, 1.807) is 19.2 Å². The maximum absolute atomic E-state index is 12.9. The van der Waals surface area contributed by atoms with Crippen molar-refractivity contribution >= 4 is 29.9 Å². The van der Waals surface area contributed by atoms with Gasteiger partial charge in [-0.15, -0.1) is 24.0 Å². The number of aliphatic imine (C=N–C) groups is 1. The van der Waals surface area contributed by atoms with Crippen molar-refractivity contribution in [3.8, 4) is 5.75 Å². The van der Waals surface area contributed by atoms with Crippen molar-refractivity contribution in [3.63, 3.8) is 0 Å². The van der Waals surface area contributed by atoms with Crippen LogP contribution in [0.4, 0.5) is 4.39 Å². The van der Waals surface area contributed by atoms with Crippen LogP contribution in [0.1, 0.15) is 13.8 Å². The fourth-order valence-corrected chi connectivity index (χ4v) is 3.05.